The van der Waals surface area contributed by atoms with E-state index in [0.717, 1.165) is 32.4 Å². The van der Waals surface area contributed by atoms with Gasteiger partial charge in [-0.3, -0.25) is 14.6 Å². The highest BCUT2D eigenvalue weighted by Gasteiger charge is 2.44. The van der Waals surface area contributed by atoms with Crippen LogP contribution in [0.1, 0.15) is 50.5 Å². The van der Waals surface area contributed by atoms with Crippen LogP contribution in [0.25, 0.3) is 0 Å². The summed E-state index contributed by atoms with van der Waals surface area (Å²) in [5, 5.41) is 3.02. The predicted octanol–water partition coefficient (Wildman–Crippen LogP) is 2.01. The number of pyridine rings is 1. The van der Waals surface area contributed by atoms with Crippen LogP contribution in [0.5, 0.6) is 0 Å². The number of nitrogens with one attached hydrogen (secondary N) is 1. The molecule has 2 amide bonds. The summed E-state index contributed by atoms with van der Waals surface area (Å²) < 4.78 is 6.07. The molecule has 0 bridgehead atoms. The van der Waals surface area contributed by atoms with Gasteiger partial charge in [-0.25, -0.2) is 0 Å². The van der Waals surface area contributed by atoms with Gasteiger partial charge in [0.1, 0.15) is 5.69 Å². The van der Waals surface area contributed by atoms with Crippen LogP contribution < -0.4 is 5.32 Å². The summed E-state index contributed by atoms with van der Waals surface area (Å²) in [6.07, 6.45) is 4.06. The van der Waals surface area contributed by atoms with Crippen molar-refractivity contribution in [1.82, 2.24) is 15.2 Å². The van der Waals surface area contributed by atoms with E-state index in [4.69, 9.17) is 4.74 Å². The molecule has 1 aromatic heterocycles. The van der Waals surface area contributed by atoms with Gasteiger partial charge < -0.3 is 15.0 Å². The third-order valence-corrected chi connectivity index (χ3v) is 5.05. The number of carbonyl (C=O) groups excluding carboxylic acids is 2. The van der Waals surface area contributed by atoms with Gasteiger partial charge in [0.25, 0.3) is 5.91 Å². The van der Waals surface area contributed by atoms with Crippen molar-refractivity contribution in [3.05, 3.63) is 30.1 Å². The first-order valence-corrected chi connectivity index (χ1v) is 8.94. The van der Waals surface area contributed by atoms with E-state index in [1.165, 1.54) is 0 Å². The second kappa shape index (κ2) is 6.75. The predicted molar refractivity (Wildman–Crippen MR) is 94.1 cm³/mol. The van der Waals surface area contributed by atoms with E-state index in [9.17, 15) is 9.59 Å². The average Bonchev–Trinajstić information content (AvgIpc) is 2.97. The summed E-state index contributed by atoms with van der Waals surface area (Å²) in [4.78, 5) is 30.7. The van der Waals surface area contributed by atoms with Gasteiger partial charge in [-0.05, 0) is 31.4 Å². The molecular formula is C19H27N3O3. The maximum absolute atomic E-state index is 12.4. The van der Waals surface area contributed by atoms with Crippen molar-refractivity contribution in [3.8, 4) is 0 Å². The molecule has 136 valence electrons. The van der Waals surface area contributed by atoms with Crippen LogP contribution in [0.3, 0.4) is 0 Å². The number of hydrogen-bond acceptors (Lipinski definition) is 4. The van der Waals surface area contributed by atoms with Gasteiger partial charge in [0.15, 0.2) is 0 Å². The highest BCUT2D eigenvalue weighted by Crippen LogP contribution is 2.37. The number of ether oxygens (including phenoxy) is 1. The fourth-order valence-electron chi connectivity index (χ4n) is 3.63. The summed E-state index contributed by atoms with van der Waals surface area (Å²) in [6.45, 7) is 7.82. The van der Waals surface area contributed by atoms with Crippen molar-refractivity contribution in [2.24, 2.45) is 5.41 Å². The number of piperidine rings is 1. The summed E-state index contributed by atoms with van der Waals surface area (Å²) in [5.74, 6) is 0.0342. The van der Waals surface area contributed by atoms with Crippen LogP contribution in [0.2, 0.25) is 0 Å². The quantitative estimate of drug-likeness (QED) is 0.890. The standard InChI is InChI=1S/C19H27N3O3/c1-18(2,3)17(24)22-10-7-19(8-11-22)12-14(13-25-19)21-16(23)15-6-4-5-9-20-15/h4-6,9,14H,7-8,10-13H2,1-3H3,(H,21,23)/t14-/m1/s1. The molecule has 25 heavy (non-hydrogen) atoms. The lowest BCUT2D eigenvalue weighted by Crippen LogP contribution is -2.50. The lowest BCUT2D eigenvalue weighted by atomic mass is 9.85. The first-order chi connectivity index (χ1) is 11.8. The molecule has 6 nitrogen and oxygen atoms in total. The lowest BCUT2D eigenvalue weighted by molar-refractivity contribution is -0.144. The Morgan fingerprint density at radius 2 is 2.00 bits per heavy atom. The highest BCUT2D eigenvalue weighted by atomic mass is 16.5. The van der Waals surface area contributed by atoms with Crippen molar-refractivity contribution in [1.29, 1.82) is 0 Å². The number of likely N-dealkylation sites (tertiary alicyclic amines) is 1. The van der Waals surface area contributed by atoms with Gasteiger partial charge in [0.05, 0.1) is 18.2 Å². The molecule has 0 radical (unpaired) electrons. The molecule has 1 spiro atoms. The molecule has 0 unspecified atom stereocenters. The van der Waals surface area contributed by atoms with Crippen LogP contribution >= 0.6 is 0 Å². The third kappa shape index (κ3) is 4.00. The van der Waals surface area contributed by atoms with Crippen LogP contribution in [-0.4, -0.2) is 53.0 Å². The van der Waals surface area contributed by atoms with E-state index < -0.39 is 0 Å². The second-order valence-corrected chi connectivity index (χ2v) is 8.13. The highest BCUT2D eigenvalue weighted by molar-refractivity contribution is 5.92. The molecule has 0 aliphatic carbocycles. The van der Waals surface area contributed by atoms with Gasteiger partial charge >= 0.3 is 0 Å². The number of hydrogen-bond donors (Lipinski definition) is 1. The van der Waals surface area contributed by atoms with Crippen molar-refractivity contribution >= 4 is 11.8 Å². The van der Waals surface area contributed by atoms with Gasteiger partial charge in [-0.15, -0.1) is 0 Å². The van der Waals surface area contributed by atoms with Gasteiger partial charge in [-0.1, -0.05) is 26.8 Å². The Kier molecular flexibility index (Phi) is 4.82. The SMILES string of the molecule is CC(C)(C)C(=O)N1CCC2(CC1)C[C@@H](NC(=O)c1ccccn1)CO2. The fourth-order valence-corrected chi connectivity index (χ4v) is 3.63. The first kappa shape index (κ1) is 17.9. The van der Waals surface area contributed by atoms with E-state index in [0.29, 0.717) is 12.3 Å². The van der Waals surface area contributed by atoms with Crippen molar-refractivity contribution in [3.63, 3.8) is 0 Å². The topological polar surface area (TPSA) is 71.5 Å². The van der Waals surface area contributed by atoms with E-state index in [2.05, 4.69) is 10.3 Å². The molecule has 2 aliphatic rings. The number of aromatic nitrogens is 1. The second-order valence-electron chi connectivity index (χ2n) is 8.13. The molecule has 2 aliphatic heterocycles. The molecule has 0 saturated carbocycles. The molecule has 1 N–H and O–H groups in total. The molecule has 1 aromatic rings. The van der Waals surface area contributed by atoms with Crippen LogP contribution in [0.15, 0.2) is 24.4 Å². The molecule has 3 heterocycles. The minimum atomic E-state index is -0.347. The molecule has 0 aromatic carbocycles. The normalized spacial score (nSPS) is 22.8. The van der Waals surface area contributed by atoms with Crippen molar-refractivity contribution in [2.75, 3.05) is 19.7 Å². The van der Waals surface area contributed by atoms with Gasteiger partial charge in [0, 0.05) is 24.7 Å². The molecule has 2 saturated heterocycles. The summed E-state index contributed by atoms with van der Waals surface area (Å²) in [5.41, 5.74) is -0.134. The minimum Gasteiger partial charge on any atom is -0.373 e. The molecule has 2 fully saturated rings. The summed E-state index contributed by atoms with van der Waals surface area (Å²) in [6, 6.07) is 5.30. The summed E-state index contributed by atoms with van der Waals surface area (Å²) in [7, 11) is 0. The molecule has 1 atom stereocenters. The average molecular weight is 345 g/mol. The molecule has 6 heteroatoms. The zero-order chi connectivity index (χ0) is 18.1. The minimum absolute atomic E-state index is 0.000580. The molecular weight excluding hydrogens is 318 g/mol. The van der Waals surface area contributed by atoms with Gasteiger partial charge in [-0.2, -0.15) is 0 Å². The third-order valence-electron chi connectivity index (χ3n) is 5.05. The number of rotatable bonds is 2. The lowest BCUT2D eigenvalue weighted by Gasteiger charge is -2.40. The van der Waals surface area contributed by atoms with Crippen LogP contribution in [0.4, 0.5) is 0 Å². The van der Waals surface area contributed by atoms with E-state index in [1.807, 2.05) is 25.7 Å². The van der Waals surface area contributed by atoms with Crippen LogP contribution in [0, 0.1) is 5.41 Å². The Morgan fingerprint density at radius 1 is 1.28 bits per heavy atom. The largest absolute Gasteiger partial charge is 0.373 e. The smallest absolute Gasteiger partial charge is 0.270 e. The van der Waals surface area contributed by atoms with E-state index >= 15 is 0 Å². The Hall–Kier alpha value is -1.95. The van der Waals surface area contributed by atoms with Crippen molar-refractivity contribution < 1.29 is 14.3 Å². The van der Waals surface area contributed by atoms with Crippen molar-refractivity contribution in [2.45, 2.75) is 51.7 Å². The summed E-state index contributed by atoms with van der Waals surface area (Å²) >= 11 is 0. The Labute approximate surface area is 148 Å². The van der Waals surface area contributed by atoms with E-state index in [1.54, 1.807) is 24.4 Å². The maximum atomic E-state index is 12.4. The Bertz CT molecular complexity index is 631. The zero-order valence-corrected chi connectivity index (χ0v) is 15.2. The first-order valence-electron chi connectivity index (χ1n) is 8.94. The molecule has 3 rings (SSSR count). The Balaban J connectivity index is 1.53. The number of nitrogens with zero attached hydrogens (tertiary/aromatic N) is 2. The van der Waals surface area contributed by atoms with E-state index in [-0.39, 0.29) is 28.9 Å². The zero-order valence-electron chi connectivity index (χ0n) is 15.2. The maximum Gasteiger partial charge on any atom is 0.270 e. The number of carbonyl (C=O) groups is 2. The number of amides is 2. The Morgan fingerprint density at radius 3 is 2.60 bits per heavy atom. The van der Waals surface area contributed by atoms with Crippen LogP contribution in [-0.2, 0) is 9.53 Å². The van der Waals surface area contributed by atoms with Gasteiger partial charge in [0.2, 0.25) is 5.91 Å². The fraction of sp³-hybridized carbons (Fsp3) is 0.632. The monoisotopic (exact) mass is 345 g/mol.